The largest absolute Gasteiger partial charge is 0.441 e. The number of urea groups is 1. The van der Waals surface area contributed by atoms with E-state index in [4.69, 9.17) is 0 Å². The lowest BCUT2D eigenvalue weighted by atomic mass is 9.76. The topological polar surface area (TPSA) is 49.4 Å². The molecular formula is C12H17F3N2O2S. The van der Waals surface area contributed by atoms with Crippen molar-refractivity contribution in [2.45, 2.75) is 43.7 Å². The van der Waals surface area contributed by atoms with Crippen molar-refractivity contribution >= 4 is 23.7 Å². The molecule has 1 aliphatic carbocycles. The fraction of sp³-hybridized carbons (Fsp3) is 0.833. The fourth-order valence-electron chi connectivity index (χ4n) is 2.90. The molecular weight excluding hydrogens is 293 g/mol. The van der Waals surface area contributed by atoms with E-state index < -0.39 is 17.1 Å². The Morgan fingerprint density at radius 1 is 1.35 bits per heavy atom. The van der Waals surface area contributed by atoms with Crippen molar-refractivity contribution in [1.29, 1.82) is 0 Å². The first-order chi connectivity index (χ1) is 9.24. The zero-order valence-corrected chi connectivity index (χ0v) is 11.9. The van der Waals surface area contributed by atoms with E-state index in [-0.39, 0.29) is 30.0 Å². The van der Waals surface area contributed by atoms with Crippen molar-refractivity contribution in [3.63, 3.8) is 0 Å². The van der Waals surface area contributed by atoms with Gasteiger partial charge in [-0.3, -0.25) is 10.1 Å². The molecule has 1 saturated heterocycles. The lowest BCUT2D eigenvalue weighted by Gasteiger charge is -2.40. The highest BCUT2D eigenvalue weighted by atomic mass is 32.2. The molecule has 0 aromatic heterocycles. The smallest absolute Gasteiger partial charge is 0.309 e. The number of imide groups is 1. The minimum Gasteiger partial charge on any atom is -0.309 e. The number of thioether (sulfide) groups is 1. The third-order valence-electron chi connectivity index (χ3n) is 4.09. The van der Waals surface area contributed by atoms with Crippen LogP contribution in [0.25, 0.3) is 0 Å². The van der Waals surface area contributed by atoms with Gasteiger partial charge in [0, 0.05) is 12.3 Å². The summed E-state index contributed by atoms with van der Waals surface area (Å²) in [6.45, 7) is 2.02. The molecule has 114 valence electrons. The van der Waals surface area contributed by atoms with Gasteiger partial charge in [-0.1, -0.05) is 6.92 Å². The Hall–Kier alpha value is -0.920. The Morgan fingerprint density at radius 2 is 1.95 bits per heavy atom. The first-order valence-electron chi connectivity index (χ1n) is 6.58. The van der Waals surface area contributed by atoms with Gasteiger partial charge in [-0.2, -0.15) is 13.2 Å². The van der Waals surface area contributed by atoms with E-state index in [1.165, 1.54) is 4.90 Å². The maximum Gasteiger partial charge on any atom is 0.441 e. The molecule has 20 heavy (non-hydrogen) atoms. The number of carbonyl (C=O) groups is 2. The maximum atomic E-state index is 12.2. The highest BCUT2D eigenvalue weighted by Gasteiger charge is 2.53. The average molecular weight is 310 g/mol. The molecule has 8 heteroatoms. The number of nitrogens with one attached hydrogen (secondary N) is 1. The summed E-state index contributed by atoms with van der Waals surface area (Å²) in [5.74, 6) is -0.122. The second kappa shape index (κ2) is 5.46. The van der Waals surface area contributed by atoms with E-state index >= 15 is 0 Å². The van der Waals surface area contributed by atoms with Crippen LogP contribution < -0.4 is 5.32 Å². The number of halogens is 3. The summed E-state index contributed by atoms with van der Waals surface area (Å²) < 4.78 is 36.5. The molecule has 0 radical (unpaired) electrons. The van der Waals surface area contributed by atoms with Crippen molar-refractivity contribution in [1.82, 2.24) is 10.2 Å². The fourth-order valence-corrected chi connectivity index (χ4v) is 3.41. The van der Waals surface area contributed by atoms with Crippen LogP contribution in [0.15, 0.2) is 0 Å². The summed E-state index contributed by atoms with van der Waals surface area (Å²) in [6, 6.07) is -0.563. The molecule has 2 aliphatic rings. The molecule has 2 rings (SSSR count). The summed E-state index contributed by atoms with van der Waals surface area (Å²) in [5, 5.41) is 2.25. The van der Waals surface area contributed by atoms with Gasteiger partial charge in [-0.05, 0) is 43.4 Å². The monoisotopic (exact) mass is 310 g/mol. The second-order valence-corrected chi connectivity index (χ2v) is 6.58. The minimum absolute atomic E-state index is 0.0594. The SMILES string of the molecule is CC1CCC2(CC1)C(=O)NC(=O)N2CCSC(F)(F)F. The molecule has 0 bridgehead atoms. The first kappa shape index (κ1) is 15.5. The lowest BCUT2D eigenvalue weighted by Crippen LogP contribution is -2.52. The van der Waals surface area contributed by atoms with Crippen LogP contribution in [0.4, 0.5) is 18.0 Å². The number of alkyl halides is 3. The highest BCUT2D eigenvalue weighted by Crippen LogP contribution is 2.40. The number of amides is 3. The van der Waals surface area contributed by atoms with Crippen LogP contribution in [0, 0.1) is 5.92 Å². The third-order valence-corrected chi connectivity index (χ3v) is 4.80. The maximum absolute atomic E-state index is 12.2. The first-order valence-corrected chi connectivity index (χ1v) is 7.57. The lowest BCUT2D eigenvalue weighted by molar-refractivity contribution is -0.128. The van der Waals surface area contributed by atoms with E-state index in [1.54, 1.807) is 0 Å². The van der Waals surface area contributed by atoms with Crippen molar-refractivity contribution in [3.05, 3.63) is 0 Å². The van der Waals surface area contributed by atoms with Gasteiger partial charge in [0.25, 0.3) is 5.91 Å². The second-order valence-electron chi connectivity index (χ2n) is 5.42. The summed E-state index contributed by atoms with van der Waals surface area (Å²) in [6.07, 6.45) is 2.68. The summed E-state index contributed by atoms with van der Waals surface area (Å²) >= 11 is -0.161. The molecule has 2 fully saturated rings. The van der Waals surface area contributed by atoms with Gasteiger partial charge in [0.05, 0.1) is 0 Å². The zero-order chi connectivity index (χ0) is 15.0. The zero-order valence-electron chi connectivity index (χ0n) is 11.1. The summed E-state index contributed by atoms with van der Waals surface area (Å²) in [7, 11) is 0. The molecule has 0 aromatic rings. The molecule has 1 aliphatic heterocycles. The van der Waals surface area contributed by atoms with Gasteiger partial charge >= 0.3 is 11.5 Å². The number of rotatable bonds is 3. The van der Waals surface area contributed by atoms with Crippen molar-refractivity contribution in [3.8, 4) is 0 Å². The molecule has 3 amide bonds. The van der Waals surface area contributed by atoms with Crippen LogP contribution in [0.5, 0.6) is 0 Å². The summed E-state index contributed by atoms with van der Waals surface area (Å²) in [5.41, 5.74) is -5.23. The van der Waals surface area contributed by atoms with Gasteiger partial charge in [-0.25, -0.2) is 4.79 Å². The molecule has 0 aromatic carbocycles. The van der Waals surface area contributed by atoms with Crippen LogP contribution in [0.1, 0.15) is 32.6 Å². The highest BCUT2D eigenvalue weighted by molar-refractivity contribution is 8.00. The van der Waals surface area contributed by atoms with E-state index in [9.17, 15) is 22.8 Å². The molecule has 0 atom stereocenters. The number of hydrogen-bond acceptors (Lipinski definition) is 3. The Balaban J connectivity index is 2.04. The Bertz CT molecular complexity index is 406. The van der Waals surface area contributed by atoms with Crippen molar-refractivity contribution < 1.29 is 22.8 Å². The number of carbonyl (C=O) groups excluding carboxylic acids is 2. The van der Waals surface area contributed by atoms with E-state index in [2.05, 4.69) is 12.2 Å². The molecule has 4 nitrogen and oxygen atoms in total. The Labute approximate surface area is 119 Å². The van der Waals surface area contributed by atoms with E-state index in [1.807, 2.05) is 0 Å². The van der Waals surface area contributed by atoms with Crippen LogP contribution in [-0.2, 0) is 4.79 Å². The van der Waals surface area contributed by atoms with Crippen molar-refractivity contribution in [2.75, 3.05) is 12.3 Å². The Morgan fingerprint density at radius 3 is 2.50 bits per heavy atom. The van der Waals surface area contributed by atoms with Gasteiger partial charge in [0.1, 0.15) is 5.54 Å². The predicted octanol–water partition coefficient (Wildman–Crippen LogP) is 2.74. The van der Waals surface area contributed by atoms with Crippen LogP contribution in [0.3, 0.4) is 0 Å². The molecule has 1 heterocycles. The summed E-state index contributed by atoms with van der Waals surface area (Å²) in [4.78, 5) is 25.1. The van der Waals surface area contributed by atoms with Crippen LogP contribution in [-0.4, -0.2) is 40.2 Å². The van der Waals surface area contributed by atoms with Crippen molar-refractivity contribution in [2.24, 2.45) is 5.92 Å². The standard InChI is InChI=1S/C12H17F3N2O2S/c1-8-2-4-11(5-3-8)9(18)16-10(19)17(11)6-7-20-12(13,14)15/h8H,2-7H2,1H3,(H,16,18,19). The van der Waals surface area contributed by atoms with Gasteiger partial charge in [0.2, 0.25) is 0 Å². The normalized spacial score (nSPS) is 31.0. The number of hydrogen-bond donors (Lipinski definition) is 1. The molecule has 1 saturated carbocycles. The molecule has 1 spiro atoms. The van der Waals surface area contributed by atoms with Crippen LogP contribution in [0.2, 0.25) is 0 Å². The third kappa shape index (κ3) is 3.05. The molecule has 0 unspecified atom stereocenters. The van der Waals surface area contributed by atoms with Gasteiger partial charge in [-0.15, -0.1) is 0 Å². The van der Waals surface area contributed by atoms with E-state index in [0.717, 1.165) is 12.8 Å². The minimum atomic E-state index is -4.31. The van der Waals surface area contributed by atoms with Gasteiger partial charge < -0.3 is 4.90 Å². The predicted molar refractivity (Wildman–Crippen MR) is 69.1 cm³/mol. The van der Waals surface area contributed by atoms with E-state index in [0.29, 0.717) is 18.8 Å². The molecule has 1 N–H and O–H groups in total. The van der Waals surface area contributed by atoms with Gasteiger partial charge in [0.15, 0.2) is 0 Å². The van der Waals surface area contributed by atoms with Crippen LogP contribution >= 0.6 is 11.8 Å². The quantitative estimate of drug-likeness (QED) is 0.816. The number of nitrogens with zero attached hydrogens (tertiary/aromatic N) is 1. The average Bonchev–Trinajstić information content (AvgIpc) is 2.55. The Kier molecular flexibility index (Phi) is 4.22.